The topological polar surface area (TPSA) is 78.9 Å². The zero-order valence-corrected chi connectivity index (χ0v) is 10.2. The first-order valence-electron chi connectivity index (χ1n) is 4.82. The molecular formula is C9H7ClF3N5O. The maximum absolute atomic E-state index is 12.5. The third-order valence-corrected chi connectivity index (χ3v) is 2.42. The van der Waals surface area contributed by atoms with E-state index in [4.69, 9.17) is 22.1 Å². The molecule has 0 aliphatic rings. The molecule has 0 aliphatic carbocycles. The number of methoxy groups -OCH3 is 1. The van der Waals surface area contributed by atoms with Crippen molar-refractivity contribution in [1.82, 2.24) is 19.7 Å². The van der Waals surface area contributed by atoms with E-state index in [1.54, 1.807) is 0 Å². The van der Waals surface area contributed by atoms with E-state index in [-0.39, 0.29) is 22.8 Å². The highest BCUT2D eigenvalue weighted by molar-refractivity contribution is 6.32. The smallest absolute Gasteiger partial charge is 0.417 e. The quantitative estimate of drug-likeness (QED) is 0.915. The standard InChI is InChI=1S/C9H7ClF3N5O/c1-19-8-16-7(14)18(17-8)6-5(10)2-4(3-15-6)9(11,12)13/h2-3H,1H3,(H2,14,16,17). The van der Waals surface area contributed by atoms with Crippen molar-refractivity contribution in [1.29, 1.82) is 0 Å². The summed E-state index contributed by atoms with van der Waals surface area (Å²) in [6.07, 6.45) is -3.89. The minimum absolute atomic E-state index is 0.0461. The van der Waals surface area contributed by atoms with E-state index in [9.17, 15) is 13.2 Å². The van der Waals surface area contributed by atoms with E-state index in [1.165, 1.54) is 7.11 Å². The molecule has 102 valence electrons. The molecule has 0 fully saturated rings. The van der Waals surface area contributed by atoms with Gasteiger partial charge in [0.1, 0.15) is 0 Å². The Labute approximate surface area is 110 Å². The Bertz CT molecular complexity index is 612. The van der Waals surface area contributed by atoms with E-state index >= 15 is 0 Å². The van der Waals surface area contributed by atoms with Crippen LogP contribution in [0, 0.1) is 0 Å². The predicted octanol–water partition coefficient (Wildman–Crippen LogP) is 1.93. The molecule has 0 saturated heterocycles. The number of ether oxygens (including phenoxy) is 1. The van der Waals surface area contributed by atoms with Gasteiger partial charge in [0.15, 0.2) is 5.82 Å². The second-order valence-corrected chi connectivity index (χ2v) is 3.80. The summed E-state index contributed by atoms with van der Waals surface area (Å²) < 4.78 is 43.1. The van der Waals surface area contributed by atoms with Crippen molar-refractivity contribution in [2.45, 2.75) is 6.18 Å². The Morgan fingerprint density at radius 3 is 2.58 bits per heavy atom. The van der Waals surface area contributed by atoms with Crippen LogP contribution in [-0.4, -0.2) is 26.9 Å². The highest BCUT2D eigenvalue weighted by atomic mass is 35.5. The molecule has 0 saturated carbocycles. The molecule has 2 N–H and O–H groups in total. The predicted molar refractivity (Wildman–Crippen MR) is 60.1 cm³/mol. The van der Waals surface area contributed by atoms with Crippen molar-refractivity contribution in [3.63, 3.8) is 0 Å². The van der Waals surface area contributed by atoms with E-state index in [1.807, 2.05) is 0 Å². The van der Waals surface area contributed by atoms with Gasteiger partial charge in [-0.3, -0.25) is 0 Å². The largest absolute Gasteiger partial charge is 0.466 e. The molecule has 19 heavy (non-hydrogen) atoms. The lowest BCUT2D eigenvalue weighted by molar-refractivity contribution is -0.137. The number of hydrogen-bond acceptors (Lipinski definition) is 5. The first kappa shape index (κ1) is 13.4. The van der Waals surface area contributed by atoms with E-state index in [0.29, 0.717) is 6.20 Å². The molecule has 2 heterocycles. The van der Waals surface area contributed by atoms with Gasteiger partial charge in [0.05, 0.1) is 17.7 Å². The Morgan fingerprint density at radius 1 is 1.42 bits per heavy atom. The van der Waals surface area contributed by atoms with Gasteiger partial charge in [-0.15, -0.1) is 5.10 Å². The summed E-state index contributed by atoms with van der Waals surface area (Å²) in [5.74, 6) is -0.172. The van der Waals surface area contributed by atoms with Gasteiger partial charge in [-0.1, -0.05) is 11.6 Å². The average molecular weight is 294 g/mol. The minimum Gasteiger partial charge on any atom is -0.466 e. The Hall–Kier alpha value is -2.03. The Kier molecular flexibility index (Phi) is 3.23. The number of rotatable bonds is 2. The molecule has 0 aliphatic heterocycles. The van der Waals surface area contributed by atoms with Gasteiger partial charge < -0.3 is 10.5 Å². The Morgan fingerprint density at radius 2 is 2.11 bits per heavy atom. The van der Waals surface area contributed by atoms with Crippen molar-refractivity contribution in [2.24, 2.45) is 0 Å². The molecule has 0 spiro atoms. The number of alkyl halides is 3. The molecule has 0 atom stereocenters. The number of nitrogen functional groups attached to an aromatic ring is 1. The van der Waals surface area contributed by atoms with Gasteiger partial charge in [0.2, 0.25) is 5.95 Å². The summed E-state index contributed by atoms with van der Waals surface area (Å²) in [5, 5.41) is 3.53. The fraction of sp³-hybridized carbons (Fsp3) is 0.222. The van der Waals surface area contributed by atoms with Crippen molar-refractivity contribution >= 4 is 17.5 Å². The molecule has 2 aromatic rings. The summed E-state index contributed by atoms with van der Waals surface area (Å²) in [6, 6.07) is 0.688. The summed E-state index contributed by atoms with van der Waals surface area (Å²) in [6.45, 7) is 0. The van der Waals surface area contributed by atoms with Crippen LogP contribution >= 0.6 is 11.6 Å². The van der Waals surface area contributed by atoms with E-state index in [0.717, 1.165) is 10.7 Å². The lowest BCUT2D eigenvalue weighted by Crippen LogP contribution is -2.09. The third-order valence-electron chi connectivity index (χ3n) is 2.15. The minimum atomic E-state index is -4.53. The van der Waals surface area contributed by atoms with Gasteiger partial charge in [-0.05, 0) is 6.07 Å². The lowest BCUT2D eigenvalue weighted by Gasteiger charge is -2.09. The fourth-order valence-electron chi connectivity index (χ4n) is 1.29. The number of nitrogens with zero attached hydrogens (tertiary/aromatic N) is 4. The fourth-order valence-corrected chi connectivity index (χ4v) is 1.53. The highest BCUT2D eigenvalue weighted by Crippen LogP contribution is 2.32. The van der Waals surface area contributed by atoms with Crippen LogP contribution < -0.4 is 10.5 Å². The van der Waals surface area contributed by atoms with Gasteiger partial charge in [0.25, 0.3) is 0 Å². The number of anilines is 1. The molecule has 0 amide bonds. The summed E-state index contributed by atoms with van der Waals surface area (Å²) in [7, 11) is 1.32. The number of hydrogen-bond donors (Lipinski definition) is 1. The monoisotopic (exact) mass is 293 g/mol. The van der Waals surface area contributed by atoms with Crippen molar-refractivity contribution < 1.29 is 17.9 Å². The number of pyridine rings is 1. The highest BCUT2D eigenvalue weighted by Gasteiger charge is 2.32. The maximum Gasteiger partial charge on any atom is 0.417 e. The summed E-state index contributed by atoms with van der Waals surface area (Å²) in [5.41, 5.74) is 4.56. The molecule has 10 heteroatoms. The maximum atomic E-state index is 12.5. The molecule has 0 radical (unpaired) electrons. The second-order valence-electron chi connectivity index (χ2n) is 3.40. The van der Waals surface area contributed by atoms with Crippen LogP contribution in [0.3, 0.4) is 0 Å². The van der Waals surface area contributed by atoms with Crippen molar-refractivity contribution in [3.05, 3.63) is 22.8 Å². The third kappa shape index (κ3) is 2.55. The normalized spacial score (nSPS) is 11.6. The van der Waals surface area contributed by atoms with Crippen LogP contribution in [0.5, 0.6) is 6.01 Å². The molecular weight excluding hydrogens is 287 g/mol. The van der Waals surface area contributed by atoms with Crippen LogP contribution in [0.1, 0.15) is 5.56 Å². The van der Waals surface area contributed by atoms with E-state index < -0.39 is 11.7 Å². The Balaban J connectivity index is 2.49. The number of nitrogens with two attached hydrogens (primary N) is 1. The van der Waals surface area contributed by atoms with Crippen LogP contribution in [0.4, 0.5) is 19.1 Å². The van der Waals surface area contributed by atoms with Gasteiger partial charge in [-0.2, -0.15) is 22.8 Å². The molecule has 0 aromatic carbocycles. The zero-order valence-electron chi connectivity index (χ0n) is 9.44. The van der Waals surface area contributed by atoms with Gasteiger partial charge in [-0.25, -0.2) is 4.98 Å². The lowest BCUT2D eigenvalue weighted by atomic mass is 10.3. The summed E-state index contributed by atoms with van der Waals surface area (Å²) in [4.78, 5) is 7.30. The molecule has 0 unspecified atom stereocenters. The number of halogens is 4. The van der Waals surface area contributed by atoms with Crippen LogP contribution in [0.25, 0.3) is 5.82 Å². The first-order valence-corrected chi connectivity index (χ1v) is 5.20. The van der Waals surface area contributed by atoms with Crippen molar-refractivity contribution in [2.75, 3.05) is 12.8 Å². The van der Waals surface area contributed by atoms with Gasteiger partial charge in [0, 0.05) is 6.20 Å². The molecule has 2 aromatic heterocycles. The van der Waals surface area contributed by atoms with Crippen LogP contribution in [0.15, 0.2) is 12.3 Å². The average Bonchev–Trinajstić information content (AvgIpc) is 2.69. The number of aromatic nitrogens is 4. The second kappa shape index (κ2) is 4.57. The van der Waals surface area contributed by atoms with Crippen LogP contribution in [0.2, 0.25) is 5.02 Å². The van der Waals surface area contributed by atoms with E-state index in [2.05, 4.69) is 15.1 Å². The van der Waals surface area contributed by atoms with Crippen molar-refractivity contribution in [3.8, 4) is 11.8 Å². The zero-order chi connectivity index (χ0) is 14.2. The van der Waals surface area contributed by atoms with Gasteiger partial charge >= 0.3 is 12.2 Å². The first-order chi connectivity index (χ1) is 8.82. The summed E-state index contributed by atoms with van der Waals surface area (Å²) >= 11 is 5.75. The molecule has 6 nitrogen and oxygen atoms in total. The van der Waals surface area contributed by atoms with Crippen LogP contribution in [-0.2, 0) is 6.18 Å². The molecule has 0 bridgehead atoms. The SMILES string of the molecule is COc1nc(N)n(-c2ncc(C(F)(F)F)cc2Cl)n1. The molecule has 2 rings (SSSR count).